The van der Waals surface area contributed by atoms with Crippen molar-refractivity contribution in [3.63, 3.8) is 0 Å². The summed E-state index contributed by atoms with van der Waals surface area (Å²) in [5.74, 6) is -1.47. The van der Waals surface area contributed by atoms with Crippen molar-refractivity contribution in [1.82, 2.24) is 0 Å². The zero-order chi connectivity index (χ0) is 16.6. The van der Waals surface area contributed by atoms with Crippen LogP contribution in [0.1, 0.15) is 38.8 Å². The SMILES string of the molecule is CC(=N[S@+]([O-])C(C)(C)C)c1cc(N)cc(C(F)(F)F)c1F. The molecule has 8 heteroatoms. The van der Waals surface area contributed by atoms with Gasteiger partial charge >= 0.3 is 6.18 Å². The maximum Gasteiger partial charge on any atom is 0.419 e. The van der Waals surface area contributed by atoms with Gasteiger partial charge in [-0.05, 0) is 39.8 Å². The van der Waals surface area contributed by atoms with Crippen LogP contribution in [-0.2, 0) is 17.5 Å². The minimum atomic E-state index is -4.86. The van der Waals surface area contributed by atoms with Gasteiger partial charge in [0.05, 0.1) is 11.3 Å². The number of rotatable bonds is 2. The van der Waals surface area contributed by atoms with Crippen LogP contribution in [0.15, 0.2) is 16.5 Å². The molecular weight excluding hydrogens is 308 g/mol. The predicted molar refractivity (Wildman–Crippen MR) is 75.9 cm³/mol. The zero-order valence-electron chi connectivity index (χ0n) is 12.0. The topological polar surface area (TPSA) is 61.4 Å². The second kappa shape index (κ2) is 5.84. The summed E-state index contributed by atoms with van der Waals surface area (Å²) in [4.78, 5) is 0. The number of halogens is 4. The molecule has 1 aromatic carbocycles. The van der Waals surface area contributed by atoms with E-state index in [2.05, 4.69) is 4.40 Å². The van der Waals surface area contributed by atoms with Crippen molar-refractivity contribution in [2.24, 2.45) is 4.40 Å². The molecule has 0 aromatic heterocycles. The average Bonchev–Trinajstić information content (AvgIpc) is 2.28. The molecule has 0 radical (unpaired) electrons. The first-order chi connectivity index (χ1) is 9.34. The van der Waals surface area contributed by atoms with Gasteiger partial charge in [-0.1, -0.05) is 4.40 Å². The fraction of sp³-hybridized carbons (Fsp3) is 0.462. The summed E-state index contributed by atoms with van der Waals surface area (Å²) in [6.07, 6.45) is -4.86. The summed E-state index contributed by atoms with van der Waals surface area (Å²) in [5.41, 5.74) is 3.18. The van der Waals surface area contributed by atoms with Gasteiger partial charge in [-0.2, -0.15) is 13.2 Å². The highest BCUT2D eigenvalue weighted by Gasteiger charge is 2.36. The highest BCUT2D eigenvalue weighted by molar-refractivity contribution is 7.91. The number of anilines is 1. The van der Waals surface area contributed by atoms with Gasteiger partial charge in [-0.25, -0.2) is 4.39 Å². The number of hydrogen-bond acceptors (Lipinski definition) is 3. The van der Waals surface area contributed by atoms with Crippen LogP contribution in [0, 0.1) is 5.82 Å². The summed E-state index contributed by atoms with van der Waals surface area (Å²) in [7, 11) is 0. The van der Waals surface area contributed by atoms with Crippen molar-refractivity contribution in [3.05, 3.63) is 29.1 Å². The monoisotopic (exact) mass is 324 g/mol. The fourth-order valence-corrected chi connectivity index (χ4v) is 2.05. The molecule has 0 aliphatic rings. The van der Waals surface area contributed by atoms with E-state index in [0.29, 0.717) is 6.07 Å². The van der Waals surface area contributed by atoms with Gasteiger partial charge in [0.1, 0.15) is 21.9 Å². The van der Waals surface area contributed by atoms with Crippen LogP contribution in [0.2, 0.25) is 0 Å². The van der Waals surface area contributed by atoms with Crippen LogP contribution in [-0.4, -0.2) is 15.0 Å². The van der Waals surface area contributed by atoms with E-state index in [9.17, 15) is 22.1 Å². The molecule has 118 valence electrons. The average molecular weight is 324 g/mol. The molecular formula is C13H16F4N2OS. The highest BCUT2D eigenvalue weighted by atomic mass is 32.2. The van der Waals surface area contributed by atoms with E-state index in [1.54, 1.807) is 20.8 Å². The standard InChI is InChI=1S/C13H16F4N2OS/c1-7(19-21(20)12(2,3)4)9-5-8(18)6-10(11(9)14)13(15,16)17/h5-6H,18H2,1-4H3/t21-/m1/s1. The van der Waals surface area contributed by atoms with Crippen LogP contribution in [0.4, 0.5) is 23.2 Å². The van der Waals surface area contributed by atoms with Gasteiger partial charge in [0, 0.05) is 11.3 Å². The minimum Gasteiger partial charge on any atom is -0.591 e. The Kier molecular flexibility index (Phi) is 4.94. The number of alkyl halides is 3. The second-order valence-electron chi connectivity index (χ2n) is 5.47. The molecule has 0 amide bonds. The Hall–Kier alpha value is -1.28. The Balaban J connectivity index is 3.38. The van der Waals surface area contributed by atoms with Crippen molar-refractivity contribution in [2.45, 2.75) is 38.6 Å². The first-order valence-corrected chi connectivity index (χ1v) is 7.08. The van der Waals surface area contributed by atoms with Crippen LogP contribution < -0.4 is 5.73 Å². The minimum absolute atomic E-state index is 0.0986. The Labute approximate surface area is 123 Å². The van der Waals surface area contributed by atoms with E-state index < -0.39 is 39.2 Å². The summed E-state index contributed by atoms with van der Waals surface area (Å²) in [5, 5.41) is 0. The summed E-state index contributed by atoms with van der Waals surface area (Å²) in [6.45, 7) is 6.24. The molecule has 0 bridgehead atoms. The van der Waals surface area contributed by atoms with Crippen LogP contribution in [0.25, 0.3) is 0 Å². The zero-order valence-corrected chi connectivity index (χ0v) is 12.8. The molecule has 0 aliphatic heterocycles. The third kappa shape index (κ3) is 4.34. The molecule has 0 heterocycles. The lowest BCUT2D eigenvalue weighted by atomic mass is 10.0. The molecule has 0 spiro atoms. The van der Waals surface area contributed by atoms with E-state index in [4.69, 9.17) is 5.73 Å². The maximum absolute atomic E-state index is 14.0. The van der Waals surface area contributed by atoms with Gasteiger partial charge in [0.2, 0.25) is 0 Å². The molecule has 1 atom stereocenters. The lowest BCUT2D eigenvalue weighted by molar-refractivity contribution is -0.139. The van der Waals surface area contributed by atoms with Gasteiger partial charge < -0.3 is 10.3 Å². The summed E-state index contributed by atoms with van der Waals surface area (Å²) >= 11 is -1.71. The van der Waals surface area contributed by atoms with Crippen molar-refractivity contribution in [3.8, 4) is 0 Å². The molecule has 1 aromatic rings. The first-order valence-electron chi connectivity index (χ1n) is 5.98. The quantitative estimate of drug-likeness (QED) is 0.390. The Morgan fingerprint density at radius 2 is 1.76 bits per heavy atom. The Morgan fingerprint density at radius 3 is 2.19 bits per heavy atom. The number of hydrogen-bond donors (Lipinski definition) is 1. The highest BCUT2D eigenvalue weighted by Crippen LogP contribution is 2.34. The first kappa shape index (κ1) is 17.8. The van der Waals surface area contributed by atoms with E-state index in [1.807, 2.05) is 0 Å². The van der Waals surface area contributed by atoms with Crippen LogP contribution in [0.3, 0.4) is 0 Å². The molecule has 1 rings (SSSR count). The molecule has 21 heavy (non-hydrogen) atoms. The van der Waals surface area contributed by atoms with Gasteiger partial charge in [-0.3, -0.25) is 0 Å². The molecule has 0 fully saturated rings. The normalized spacial score (nSPS) is 15.2. The van der Waals surface area contributed by atoms with Crippen molar-refractivity contribution in [1.29, 1.82) is 0 Å². The molecule has 0 saturated carbocycles. The van der Waals surface area contributed by atoms with Gasteiger partial charge in [0.15, 0.2) is 0 Å². The predicted octanol–water partition coefficient (Wildman–Crippen LogP) is 3.70. The summed E-state index contributed by atoms with van der Waals surface area (Å²) < 4.78 is 67.1. The van der Waals surface area contributed by atoms with Crippen LogP contribution >= 0.6 is 0 Å². The number of nitrogen functional groups attached to an aromatic ring is 1. The number of nitrogens with two attached hydrogens (primary N) is 1. The molecule has 2 N–H and O–H groups in total. The Morgan fingerprint density at radius 1 is 1.24 bits per heavy atom. The smallest absolute Gasteiger partial charge is 0.419 e. The second-order valence-corrected chi connectivity index (χ2v) is 7.37. The van der Waals surface area contributed by atoms with Gasteiger partial charge in [0.25, 0.3) is 0 Å². The molecule has 3 nitrogen and oxygen atoms in total. The van der Waals surface area contributed by atoms with Crippen molar-refractivity contribution in [2.75, 3.05) is 5.73 Å². The van der Waals surface area contributed by atoms with E-state index >= 15 is 0 Å². The molecule has 0 aliphatic carbocycles. The number of nitrogens with zero attached hydrogens (tertiary/aromatic N) is 1. The van der Waals surface area contributed by atoms with E-state index in [1.165, 1.54) is 6.92 Å². The van der Waals surface area contributed by atoms with E-state index in [-0.39, 0.29) is 11.4 Å². The van der Waals surface area contributed by atoms with Gasteiger partial charge in [-0.15, -0.1) is 0 Å². The maximum atomic E-state index is 14.0. The fourth-order valence-electron chi connectivity index (χ4n) is 1.43. The Bertz CT molecular complexity index is 565. The lowest BCUT2D eigenvalue weighted by Gasteiger charge is -2.19. The summed E-state index contributed by atoms with van der Waals surface area (Å²) in [6, 6.07) is 1.57. The third-order valence-corrected chi connectivity index (χ3v) is 4.02. The van der Waals surface area contributed by atoms with Crippen molar-refractivity contribution < 1.29 is 22.1 Å². The largest absolute Gasteiger partial charge is 0.591 e. The van der Waals surface area contributed by atoms with Crippen LogP contribution in [0.5, 0.6) is 0 Å². The van der Waals surface area contributed by atoms with Crippen molar-refractivity contribution >= 4 is 22.8 Å². The van der Waals surface area contributed by atoms with E-state index in [0.717, 1.165) is 6.07 Å². The molecule has 0 saturated heterocycles. The third-order valence-electron chi connectivity index (χ3n) is 2.53. The number of benzene rings is 1. The lowest BCUT2D eigenvalue weighted by Crippen LogP contribution is -2.27. The molecule has 0 unspecified atom stereocenters.